The van der Waals surface area contributed by atoms with Crippen molar-refractivity contribution in [2.24, 2.45) is 5.73 Å². The van der Waals surface area contributed by atoms with E-state index in [1.807, 2.05) is 0 Å². The van der Waals surface area contributed by atoms with E-state index in [1.54, 1.807) is 0 Å². The molecule has 10 heteroatoms. The van der Waals surface area contributed by atoms with Crippen LogP contribution in [0.15, 0.2) is 12.1 Å². The van der Waals surface area contributed by atoms with E-state index in [0.29, 0.717) is 6.07 Å². The number of hydrogen-bond acceptors (Lipinski definition) is 3. The van der Waals surface area contributed by atoms with Crippen molar-refractivity contribution in [2.45, 2.75) is 12.4 Å². The van der Waals surface area contributed by atoms with Gasteiger partial charge in [0, 0.05) is 0 Å². The molecule has 1 aromatic heterocycles. The summed E-state index contributed by atoms with van der Waals surface area (Å²) in [6.45, 7) is -1.83. The van der Waals surface area contributed by atoms with Gasteiger partial charge in [-0.1, -0.05) is 0 Å². The molecule has 0 amide bonds. The summed E-state index contributed by atoms with van der Waals surface area (Å²) in [5.74, 6) is -1.74. The Morgan fingerprint density at radius 2 is 1.79 bits per heavy atom. The van der Waals surface area contributed by atoms with E-state index in [0.717, 1.165) is 6.07 Å². The number of nitrogens with one attached hydrogen (secondary N) is 1. The molecular formula is C9H7F6N3O. The van der Waals surface area contributed by atoms with Gasteiger partial charge >= 0.3 is 12.4 Å². The van der Waals surface area contributed by atoms with Crippen LogP contribution in [0.2, 0.25) is 0 Å². The number of nitrogens with zero attached hydrogens (tertiary/aromatic N) is 1. The molecule has 106 valence electrons. The second kappa shape index (κ2) is 4.94. The fourth-order valence-electron chi connectivity index (χ4n) is 1.06. The van der Waals surface area contributed by atoms with Crippen LogP contribution in [0.1, 0.15) is 11.3 Å². The molecule has 0 aliphatic heterocycles. The van der Waals surface area contributed by atoms with Gasteiger partial charge in [-0.2, -0.15) is 26.3 Å². The zero-order valence-corrected chi connectivity index (χ0v) is 9.06. The van der Waals surface area contributed by atoms with E-state index < -0.39 is 41.9 Å². The van der Waals surface area contributed by atoms with Crippen molar-refractivity contribution in [3.8, 4) is 5.88 Å². The van der Waals surface area contributed by atoms with Gasteiger partial charge in [0.2, 0.25) is 5.88 Å². The van der Waals surface area contributed by atoms with Crippen LogP contribution in [0.25, 0.3) is 0 Å². The molecule has 4 nitrogen and oxygen atoms in total. The maximum Gasteiger partial charge on any atom is 0.433 e. The Labute approximate surface area is 102 Å². The van der Waals surface area contributed by atoms with Crippen LogP contribution >= 0.6 is 0 Å². The fourth-order valence-corrected chi connectivity index (χ4v) is 1.06. The quantitative estimate of drug-likeness (QED) is 0.509. The molecule has 0 aromatic carbocycles. The molecule has 0 spiro atoms. The van der Waals surface area contributed by atoms with Crippen molar-refractivity contribution < 1.29 is 31.1 Å². The minimum atomic E-state index is -4.84. The molecule has 1 heterocycles. The smallest absolute Gasteiger partial charge is 0.433 e. The third kappa shape index (κ3) is 4.30. The first-order valence-electron chi connectivity index (χ1n) is 4.63. The van der Waals surface area contributed by atoms with Gasteiger partial charge in [-0.15, -0.1) is 0 Å². The number of aromatic nitrogens is 1. The summed E-state index contributed by atoms with van der Waals surface area (Å²) in [7, 11) is 0. The number of alkyl halides is 6. The normalized spacial score (nSPS) is 12.3. The fraction of sp³-hybridized carbons (Fsp3) is 0.333. The molecule has 0 aliphatic carbocycles. The van der Waals surface area contributed by atoms with Crippen molar-refractivity contribution in [1.82, 2.24) is 4.98 Å². The van der Waals surface area contributed by atoms with Gasteiger partial charge in [-0.3, -0.25) is 5.41 Å². The minimum Gasteiger partial charge on any atom is -0.467 e. The number of nitrogen functional groups attached to an aromatic ring is 1. The number of rotatable bonds is 3. The monoisotopic (exact) mass is 287 g/mol. The molecule has 0 saturated carbocycles. The molecule has 0 bridgehead atoms. The van der Waals surface area contributed by atoms with E-state index in [1.165, 1.54) is 0 Å². The number of halogens is 6. The van der Waals surface area contributed by atoms with Crippen molar-refractivity contribution >= 4 is 5.84 Å². The summed E-state index contributed by atoms with van der Waals surface area (Å²) in [5, 5.41) is 7.03. The van der Waals surface area contributed by atoms with Crippen LogP contribution in [0.3, 0.4) is 0 Å². The molecule has 3 N–H and O–H groups in total. The summed E-state index contributed by atoms with van der Waals surface area (Å²) in [6.07, 6.45) is -9.59. The molecule has 1 rings (SSSR count). The van der Waals surface area contributed by atoms with E-state index >= 15 is 0 Å². The lowest BCUT2D eigenvalue weighted by Gasteiger charge is -2.13. The molecule has 0 radical (unpaired) electrons. The van der Waals surface area contributed by atoms with Gasteiger partial charge in [0.1, 0.15) is 11.5 Å². The minimum absolute atomic E-state index is 0.447. The Morgan fingerprint density at radius 1 is 1.21 bits per heavy atom. The number of hydrogen-bond donors (Lipinski definition) is 2. The van der Waals surface area contributed by atoms with Crippen molar-refractivity contribution in [2.75, 3.05) is 6.61 Å². The SMILES string of the molecule is N=C(N)c1ccc(C(F)(F)F)nc1OCC(F)(F)F. The summed E-state index contributed by atoms with van der Waals surface area (Å²) in [6, 6.07) is 1.22. The zero-order chi connectivity index (χ0) is 14.8. The van der Waals surface area contributed by atoms with Crippen molar-refractivity contribution in [3.05, 3.63) is 23.4 Å². The van der Waals surface area contributed by atoms with Crippen LogP contribution in [-0.4, -0.2) is 23.6 Å². The average Bonchev–Trinajstić information content (AvgIpc) is 2.23. The van der Waals surface area contributed by atoms with Gasteiger partial charge in [0.05, 0.1) is 5.56 Å². The molecule has 0 aliphatic rings. The topological polar surface area (TPSA) is 72.0 Å². The summed E-state index contributed by atoms with van der Waals surface area (Å²) >= 11 is 0. The highest BCUT2D eigenvalue weighted by molar-refractivity contribution is 5.97. The highest BCUT2D eigenvalue weighted by atomic mass is 19.4. The Kier molecular flexibility index (Phi) is 3.91. The summed E-state index contributed by atoms with van der Waals surface area (Å²) in [5.41, 5.74) is 3.13. The average molecular weight is 287 g/mol. The molecule has 0 saturated heterocycles. The first-order valence-corrected chi connectivity index (χ1v) is 4.63. The maximum atomic E-state index is 12.3. The molecule has 0 atom stereocenters. The highest BCUT2D eigenvalue weighted by Crippen LogP contribution is 2.30. The largest absolute Gasteiger partial charge is 0.467 e. The molecule has 0 fully saturated rings. The third-order valence-corrected chi connectivity index (χ3v) is 1.81. The van der Waals surface area contributed by atoms with Crippen molar-refractivity contribution in [1.29, 1.82) is 5.41 Å². The summed E-state index contributed by atoms with van der Waals surface area (Å²) < 4.78 is 77.0. The van der Waals surface area contributed by atoms with Gasteiger partial charge in [-0.25, -0.2) is 4.98 Å². The lowest BCUT2D eigenvalue weighted by Crippen LogP contribution is -2.23. The van der Waals surface area contributed by atoms with Crippen LogP contribution < -0.4 is 10.5 Å². The van der Waals surface area contributed by atoms with E-state index in [9.17, 15) is 26.3 Å². The van der Waals surface area contributed by atoms with Crippen LogP contribution in [0.5, 0.6) is 5.88 Å². The van der Waals surface area contributed by atoms with Crippen LogP contribution in [-0.2, 0) is 6.18 Å². The predicted octanol–water partition coefficient (Wildman–Crippen LogP) is 2.33. The van der Waals surface area contributed by atoms with Crippen LogP contribution in [0, 0.1) is 5.41 Å². The second-order valence-corrected chi connectivity index (χ2v) is 3.36. The first-order chi connectivity index (χ1) is 8.50. The molecule has 19 heavy (non-hydrogen) atoms. The Balaban J connectivity index is 3.13. The lowest BCUT2D eigenvalue weighted by atomic mass is 10.2. The first kappa shape index (κ1) is 15.1. The van der Waals surface area contributed by atoms with Crippen molar-refractivity contribution in [3.63, 3.8) is 0 Å². The Hall–Kier alpha value is -2.00. The molecule has 0 unspecified atom stereocenters. The second-order valence-electron chi connectivity index (χ2n) is 3.36. The lowest BCUT2D eigenvalue weighted by molar-refractivity contribution is -0.154. The maximum absolute atomic E-state index is 12.3. The number of pyridine rings is 1. The van der Waals surface area contributed by atoms with E-state index in [2.05, 4.69) is 9.72 Å². The standard InChI is InChI=1S/C9H7F6N3O/c10-8(11,12)3-19-7-4(6(16)17)1-2-5(18-7)9(13,14)15/h1-2H,3H2,(H3,16,17). The van der Waals surface area contributed by atoms with E-state index in [-0.39, 0.29) is 0 Å². The van der Waals surface area contributed by atoms with Crippen LogP contribution in [0.4, 0.5) is 26.3 Å². The van der Waals surface area contributed by atoms with Gasteiger partial charge in [0.15, 0.2) is 6.61 Å². The predicted molar refractivity (Wildman–Crippen MR) is 51.8 cm³/mol. The Morgan fingerprint density at radius 3 is 2.21 bits per heavy atom. The third-order valence-electron chi connectivity index (χ3n) is 1.81. The molecular weight excluding hydrogens is 280 g/mol. The highest BCUT2D eigenvalue weighted by Gasteiger charge is 2.34. The number of ether oxygens (including phenoxy) is 1. The number of nitrogens with two attached hydrogens (primary N) is 1. The van der Waals surface area contributed by atoms with Gasteiger partial charge in [0.25, 0.3) is 0 Å². The number of amidine groups is 1. The van der Waals surface area contributed by atoms with E-state index in [4.69, 9.17) is 11.1 Å². The van der Waals surface area contributed by atoms with Gasteiger partial charge in [-0.05, 0) is 12.1 Å². The zero-order valence-electron chi connectivity index (χ0n) is 9.06. The summed E-state index contributed by atoms with van der Waals surface area (Å²) in [4.78, 5) is 2.90. The molecule has 1 aromatic rings. The Bertz CT molecular complexity index is 482. The van der Waals surface area contributed by atoms with Gasteiger partial charge < -0.3 is 10.5 Å².